The third-order valence-electron chi connectivity index (χ3n) is 4.99. The zero-order chi connectivity index (χ0) is 20.5. The van der Waals surface area contributed by atoms with E-state index in [0.29, 0.717) is 12.5 Å². The van der Waals surface area contributed by atoms with E-state index in [1.165, 1.54) is 0 Å². The van der Waals surface area contributed by atoms with Gasteiger partial charge < -0.3 is 19.9 Å². The van der Waals surface area contributed by atoms with Gasteiger partial charge >= 0.3 is 0 Å². The van der Waals surface area contributed by atoms with Gasteiger partial charge in [0, 0.05) is 57.7 Å². The van der Waals surface area contributed by atoms with Gasteiger partial charge in [0.2, 0.25) is 5.95 Å². The minimum atomic E-state index is 0.638. The lowest BCUT2D eigenvalue weighted by Crippen LogP contribution is -2.52. The smallest absolute Gasteiger partial charge is 0.225 e. The van der Waals surface area contributed by atoms with Gasteiger partial charge in [-0.2, -0.15) is 0 Å². The van der Waals surface area contributed by atoms with Crippen LogP contribution in [0.4, 0.5) is 5.95 Å². The van der Waals surface area contributed by atoms with Crippen molar-refractivity contribution in [1.82, 2.24) is 20.2 Å². The number of hydrogen-bond acceptors (Lipinski definition) is 5. The number of benzene rings is 1. The first-order valence-corrected chi connectivity index (χ1v) is 10.4. The third-order valence-corrected chi connectivity index (χ3v) is 4.99. The molecule has 0 amide bonds. The molecule has 2 heterocycles. The van der Waals surface area contributed by atoms with Crippen molar-refractivity contribution in [3.05, 3.63) is 48.3 Å². The maximum atomic E-state index is 6.01. The molecule has 0 unspecified atom stereocenters. The fraction of sp³-hybridized carbons (Fsp3) is 0.500. The lowest BCUT2D eigenvalue weighted by molar-refractivity contribution is 0.286. The van der Waals surface area contributed by atoms with E-state index in [1.807, 2.05) is 31.3 Å². The van der Waals surface area contributed by atoms with Gasteiger partial charge in [0.05, 0.1) is 6.61 Å². The molecule has 156 valence electrons. The van der Waals surface area contributed by atoms with E-state index < -0.39 is 0 Å². The molecular formula is C22H32N6O. The molecule has 3 rings (SSSR count). The first-order chi connectivity index (χ1) is 14.2. The molecule has 0 spiro atoms. The number of nitrogens with one attached hydrogen (secondary N) is 1. The van der Waals surface area contributed by atoms with E-state index in [9.17, 15) is 0 Å². The average Bonchev–Trinajstić information content (AvgIpc) is 2.76. The van der Waals surface area contributed by atoms with Gasteiger partial charge in [-0.1, -0.05) is 32.0 Å². The second-order valence-corrected chi connectivity index (χ2v) is 7.56. The molecule has 0 bridgehead atoms. The molecule has 1 aliphatic rings. The van der Waals surface area contributed by atoms with Crippen LogP contribution in [0, 0.1) is 5.92 Å². The molecule has 29 heavy (non-hydrogen) atoms. The van der Waals surface area contributed by atoms with Crippen LogP contribution in [0.2, 0.25) is 0 Å². The molecule has 1 aliphatic heterocycles. The van der Waals surface area contributed by atoms with E-state index in [0.717, 1.165) is 62.4 Å². The Morgan fingerprint density at radius 2 is 1.83 bits per heavy atom. The van der Waals surface area contributed by atoms with Crippen molar-refractivity contribution >= 4 is 11.9 Å². The zero-order valence-electron chi connectivity index (χ0n) is 17.7. The van der Waals surface area contributed by atoms with E-state index in [-0.39, 0.29) is 0 Å². The van der Waals surface area contributed by atoms with Gasteiger partial charge in [0.25, 0.3) is 0 Å². The average molecular weight is 397 g/mol. The van der Waals surface area contributed by atoms with Crippen LogP contribution in [0.5, 0.6) is 5.75 Å². The largest absolute Gasteiger partial charge is 0.493 e. The zero-order valence-corrected chi connectivity index (χ0v) is 17.7. The number of guanidine groups is 1. The molecule has 1 aromatic heterocycles. The number of rotatable bonds is 7. The molecular weight excluding hydrogens is 364 g/mol. The predicted octanol–water partition coefficient (Wildman–Crippen LogP) is 2.80. The quantitative estimate of drug-likeness (QED) is 0.573. The van der Waals surface area contributed by atoms with Gasteiger partial charge in [-0.25, -0.2) is 9.97 Å². The van der Waals surface area contributed by atoms with E-state index in [1.54, 1.807) is 12.4 Å². The van der Waals surface area contributed by atoms with Gasteiger partial charge in [-0.3, -0.25) is 4.99 Å². The van der Waals surface area contributed by atoms with Crippen molar-refractivity contribution < 1.29 is 4.74 Å². The van der Waals surface area contributed by atoms with Crippen molar-refractivity contribution in [3.63, 3.8) is 0 Å². The number of para-hydroxylation sites is 1. The number of ether oxygens (including phenoxy) is 1. The number of anilines is 1. The summed E-state index contributed by atoms with van der Waals surface area (Å²) in [6, 6.07) is 10.1. The summed E-state index contributed by atoms with van der Waals surface area (Å²) in [7, 11) is 1.83. The second kappa shape index (κ2) is 10.6. The Hall–Kier alpha value is -2.83. The summed E-state index contributed by atoms with van der Waals surface area (Å²) in [5, 5.41) is 3.50. The summed E-state index contributed by atoms with van der Waals surface area (Å²) in [6.45, 7) is 9.36. The Kier molecular flexibility index (Phi) is 7.67. The van der Waals surface area contributed by atoms with Crippen LogP contribution >= 0.6 is 0 Å². The summed E-state index contributed by atoms with van der Waals surface area (Å²) in [5.74, 6) is 3.29. The highest BCUT2D eigenvalue weighted by molar-refractivity contribution is 5.80. The molecule has 1 N–H and O–H groups in total. The first-order valence-electron chi connectivity index (χ1n) is 10.4. The van der Waals surface area contributed by atoms with Crippen molar-refractivity contribution in [1.29, 1.82) is 0 Å². The molecule has 1 saturated heterocycles. The van der Waals surface area contributed by atoms with Crippen molar-refractivity contribution in [3.8, 4) is 5.75 Å². The summed E-state index contributed by atoms with van der Waals surface area (Å²) in [6.07, 6.45) is 4.63. The molecule has 1 fully saturated rings. The van der Waals surface area contributed by atoms with Crippen LogP contribution in [-0.4, -0.2) is 60.7 Å². The van der Waals surface area contributed by atoms with Gasteiger partial charge in [0.15, 0.2) is 5.96 Å². The second-order valence-electron chi connectivity index (χ2n) is 7.56. The van der Waals surface area contributed by atoms with Crippen molar-refractivity contribution in [2.75, 3.05) is 44.7 Å². The first kappa shape index (κ1) is 20.9. The molecule has 0 radical (unpaired) electrons. The molecule has 0 aliphatic carbocycles. The highest BCUT2D eigenvalue weighted by Gasteiger charge is 2.21. The van der Waals surface area contributed by atoms with Crippen LogP contribution in [0.25, 0.3) is 0 Å². The van der Waals surface area contributed by atoms with E-state index >= 15 is 0 Å². The van der Waals surface area contributed by atoms with Crippen molar-refractivity contribution in [2.45, 2.75) is 26.8 Å². The number of aromatic nitrogens is 2. The molecule has 1 aromatic carbocycles. The Bertz CT molecular complexity index is 772. The summed E-state index contributed by atoms with van der Waals surface area (Å²) in [4.78, 5) is 17.7. The topological polar surface area (TPSA) is 65.9 Å². The fourth-order valence-corrected chi connectivity index (χ4v) is 3.27. The predicted molar refractivity (Wildman–Crippen MR) is 117 cm³/mol. The lowest BCUT2D eigenvalue weighted by Gasteiger charge is -2.36. The number of hydrogen-bond donors (Lipinski definition) is 1. The normalized spacial score (nSPS) is 15.0. The minimum absolute atomic E-state index is 0.638. The van der Waals surface area contributed by atoms with Crippen LogP contribution in [-0.2, 0) is 6.54 Å². The third kappa shape index (κ3) is 6.07. The van der Waals surface area contributed by atoms with Crippen LogP contribution in [0.3, 0.4) is 0 Å². The van der Waals surface area contributed by atoms with Gasteiger partial charge in [-0.05, 0) is 24.5 Å². The lowest BCUT2D eigenvalue weighted by atomic mass is 10.1. The summed E-state index contributed by atoms with van der Waals surface area (Å²) < 4.78 is 6.01. The maximum absolute atomic E-state index is 6.01. The molecule has 7 heteroatoms. The Balaban J connectivity index is 1.52. The van der Waals surface area contributed by atoms with Crippen LogP contribution in [0.1, 0.15) is 25.8 Å². The Morgan fingerprint density at radius 1 is 1.10 bits per heavy atom. The minimum Gasteiger partial charge on any atom is -0.493 e. The monoisotopic (exact) mass is 396 g/mol. The molecule has 2 aromatic rings. The molecule has 0 atom stereocenters. The Morgan fingerprint density at radius 3 is 2.52 bits per heavy atom. The molecule has 7 nitrogen and oxygen atoms in total. The number of nitrogens with zero attached hydrogens (tertiary/aromatic N) is 5. The highest BCUT2D eigenvalue weighted by atomic mass is 16.5. The van der Waals surface area contributed by atoms with Crippen LogP contribution < -0.4 is 15.0 Å². The molecule has 0 saturated carbocycles. The maximum Gasteiger partial charge on any atom is 0.225 e. The fourth-order valence-electron chi connectivity index (χ4n) is 3.27. The standard InChI is InChI=1S/C22H32N6O/c1-18(2)9-16-29-20-8-5-4-7-19(20)17-26-21(23-3)27-12-14-28(15-13-27)22-24-10-6-11-25-22/h4-8,10-11,18H,9,12-17H2,1-3H3,(H,23,26). The van der Waals surface area contributed by atoms with E-state index in [4.69, 9.17) is 4.74 Å². The summed E-state index contributed by atoms with van der Waals surface area (Å²) in [5.41, 5.74) is 1.15. The van der Waals surface area contributed by atoms with Crippen molar-refractivity contribution in [2.24, 2.45) is 10.9 Å². The van der Waals surface area contributed by atoms with Gasteiger partial charge in [0.1, 0.15) is 5.75 Å². The van der Waals surface area contributed by atoms with Gasteiger partial charge in [-0.15, -0.1) is 0 Å². The number of piperazine rings is 1. The SMILES string of the molecule is CN=C(NCc1ccccc1OCCC(C)C)N1CCN(c2ncccn2)CC1. The van der Waals surface area contributed by atoms with E-state index in [2.05, 4.69) is 50.0 Å². The van der Waals surface area contributed by atoms with Crippen LogP contribution in [0.15, 0.2) is 47.7 Å². The summed E-state index contributed by atoms with van der Waals surface area (Å²) >= 11 is 0. The Labute approximate surface area is 173 Å². The number of aliphatic imine (C=N–C) groups is 1. The highest BCUT2D eigenvalue weighted by Crippen LogP contribution is 2.19.